The number of ether oxygens (including phenoxy) is 3. The second-order valence-corrected chi connectivity index (χ2v) is 6.07. The zero-order chi connectivity index (χ0) is 19.7. The fourth-order valence-corrected chi connectivity index (χ4v) is 3.28. The lowest BCUT2D eigenvalue weighted by molar-refractivity contribution is -0.169. The monoisotopic (exact) mass is 371 g/mol. The largest absolute Gasteiger partial charge is 0.465 e. The molecule has 0 radical (unpaired) electrons. The molecule has 0 unspecified atom stereocenters. The number of esters is 3. The first-order chi connectivity index (χ1) is 12.4. The third-order valence-corrected chi connectivity index (χ3v) is 4.42. The number of hydrogen-bond acceptors (Lipinski definition) is 7. The summed E-state index contributed by atoms with van der Waals surface area (Å²) in [5.41, 5.74) is -2.02. The minimum atomic E-state index is -2.02. The molecule has 1 saturated heterocycles. The number of amides is 1. The summed E-state index contributed by atoms with van der Waals surface area (Å²) in [5.74, 6) is -5.44. The minimum absolute atomic E-state index is 0.0294. The van der Waals surface area contributed by atoms with Gasteiger partial charge in [0, 0.05) is 5.92 Å². The molecule has 8 nitrogen and oxygen atoms in total. The Morgan fingerprint density at radius 2 is 1.46 bits per heavy atom. The summed E-state index contributed by atoms with van der Waals surface area (Å²) in [7, 11) is 0. The molecule has 0 saturated carbocycles. The van der Waals surface area contributed by atoms with Gasteiger partial charge < -0.3 is 19.5 Å². The highest BCUT2D eigenvalue weighted by atomic mass is 16.6. The van der Waals surface area contributed by atoms with Crippen molar-refractivity contribution in [2.24, 2.45) is 11.8 Å². The summed E-state index contributed by atoms with van der Waals surface area (Å²) in [6.45, 7) is 6.98. The minimum Gasteiger partial charge on any atom is -0.465 e. The van der Waals surface area contributed by atoms with E-state index in [4.69, 9.17) is 14.2 Å². The number of rotatable bonds is 10. The molecule has 0 bridgehead atoms. The summed E-state index contributed by atoms with van der Waals surface area (Å²) in [6.07, 6.45) is 2.70. The molecule has 1 amide bonds. The van der Waals surface area contributed by atoms with Crippen LogP contribution in [-0.2, 0) is 33.4 Å². The van der Waals surface area contributed by atoms with Crippen molar-refractivity contribution < 1.29 is 33.4 Å². The van der Waals surface area contributed by atoms with Gasteiger partial charge in [0.1, 0.15) is 5.92 Å². The van der Waals surface area contributed by atoms with Crippen LogP contribution in [0.3, 0.4) is 0 Å². The van der Waals surface area contributed by atoms with E-state index in [2.05, 4.69) is 5.32 Å². The highest BCUT2D eigenvalue weighted by molar-refractivity contribution is 6.14. The number of hydrogen-bond donors (Lipinski definition) is 1. The first-order valence-corrected chi connectivity index (χ1v) is 9.23. The molecule has 1 aliphatic heterocycles. The molecule has 0 aromatic heterocycles. The highest BCUT2D eigenvalue weighted by Gasteiger charge is 2.66. The standard InChI is InChI=1S/C18H29NO7/c1-5-9-10-11-12-13(15(21)24-6-2)14(20)19-18(12,16(22)25-7-3)17(23)26-8-4/h12-13H,5-11H2,1-4H3,(H,19,20)/t12-,13+/m1/s1. The van der Waals surface area contributed by atoms with Crippen LogP contribution < -0.4 is 5.32 Å². The molecule has 0 aromatic rings. The molecule has 1 heterocycles. The Labute approximate surface area is 153 Å². The molecule has 148 valence electrons. The van der Waals surface area contributed by atoms with Gasteiger partial charge in [0.2, 0.25) is 11.4 Å². The first kappa shape index (κ1) is 21.9. The Kier molecular flexibility index (Phi) is 8.54. The maximum Gasteiger partial charge on any atom is 0.344 e. The van der Waals surface area contributed by atoms with Gasteiger partial charge in [-0.1, -0.05) is 26.2 Å². The molecule has 2 atom stereocenters. The van der Waals surface area contributed by atoms with Gasteiger partial charge in [0.15, 0.2) is 0 Å². The van der Waals surface area contributed by atoms with Gasteiger partial charge in [-0.05, 0) is 27.2 Å². The van der Waals surface area contributed by atoms with Crippen LogP contribution in [0.5, 0.6) is 0 Å². The van der Waals surface area contributed by atoms with Gasteiger partial charge in [-0.25, -0.2) is 9.59 Å². The average Bonchev–Trinajstić information content (AvgIpc) is 2.89. The Balaban J connectivity index is 3.36. The molecule has 0 aliphatic carbocycles. The van der Waals surface area contributed by atoms with Crippen LogP contribution in [0.2, 0.25) is 0 Å². The molecule has 1 fully saturated rings. The van der Waals surface area contributed by atoms with Crippen LogP contribution in [-0.4, -0.2) is 49.2 Å². The second-order valence-electron chi connectivity index (χ2n) is 6.07. The van der Waals surface area contributed by atoms with Crippen LogP contribution in [0, 0.1) is 11.8 Å². The second kappa shape index (κ2) is 10.1. The predicted molar refractivity (Wildman–Crippen MR) is 91.9 cm³/mol. The van der Waals surface area contributed by atoms with Gasteiger partial charge in [-0.2, -0.15) is 0 Å². The molecule has 0 aromatic carbocycles. The maximum absolute atomic E-state index is 12.7. The number of carbonyl (C=O) groups excluding carboxylic acids is 4. The van der Waals surface area contributed by atoms with Crippen molar-refractivity contribution in [1.82, 2.24) is 5.32 Å². The Morgan fingerprint density at radius 3 is 1.92 bits per heavy atom. The summed E-state index contributed by atoms with van der Waals surface area (Å²) in [5, 5.41) is 2.41. The molecule has 1 N–H and O–H groups in total. The van der Waals surface area contributed by atoms with Gasteiger partial charge in [-0.3, -0.25) is 9.59 Å². The number of unbranched alkanes of at least 4 members (excludes halogenated alkanes) is 2. The summed E-state index contributed by atoms with van der Waals surface area (Å²) in [4.78, 5) is 50.3. The fraction of sp³-hybridized carbons (Fsp3) is 0.778. The van der Waals surface area contributed by atoms with Crippen molar-refractivity contribution in [3.8, 4) is 0 Å². The quantitative estimate of drug-likeness (QED) is 0.267. The first-order valence-electron chi connectivity index (χ1n) is 9.23. The van der Waals surface area contributed by atoms with Crippen LogP contribution in [0.4, 0.5) is 0 Å². The average molecular weight is 371 g/mol. The molecular weight excluding hydrogens is 342 g/mol. The SMILES string of the molecule is CCCCC[C@@H]1[C@H](C(=O)OCC)C(=O)NC1(C(=O)OCC)C(=O)OCC. The molecular formula is C18H29NO7. The van der Waals surface area contributed by atoms with E-state index in [-0.39, 0.29) is 19.8 Å². The van der Waals surface area contributed by atoms with E-state index in [1.807, 2.05) is 6.92 Å². The van der Waals surface area contributed by atoms with Crippen molar-refractivity contribution in [1.29, 1.82) is 0 Å². The van der Waals surface area contributed by atoms with Crippen molar-refractivity contribution in [3.63, 3.8) is 0 Å². The van der Waals surface area contributed by atoms with Crippen LogP contribution in [0.25, 0.3) is 0 Å². The Morgan fingerprint density at radius 1 is 0.923 bits per heavy atom. The van der Waals surface area contributed by atoms with Crippen molar-refractivity contribution in [2.45, 2.75) is 58.9 Å². The van der Waals surface area contributed by atoms with E-state index >= 15 is 0 Å². The fourth-order valence-electron chi connectivity index (χ4n) is 3.28. The van der Waals surface area contributed by atoms with Gasteiger partial charge in [0.05, 0.1) is 19.8 Å². The van der Waals surface area contributed by atoms with E-state index in [0.29, 0.717) is 12.8 Å². The van der Waals surface area contributed by atoms with E-state index in [1.165, 1.54) is 0 Å². The molecule has 0 spiro atoms. The van der Waals surface area contributed by atoms with Crippen molar-refractivity contribution in [2.75, 3.05) is 19.8 Å². The lowest BCUT2D eigenvalue weighted by Gasteiger charge is -2.31. The predicted octanol–water partition coefficient (Wildman–Crippen LogP) is 1.36. The highest BCUT2D eigenvalue weighted by Crippen LogP contribution is 2.39. The van der Waals surface area contributed by atoms with E-state index in [0.717, 1.165) is 12.8 Å². The van der Waals surface area contributed by atoms with Crippen LogP contribution in [0.15, 0.2) is 0 Å². The summed E-state index contributed by atoms with van der Waals surface area (Å²) in [6, 6.07) is 0. The zero-order valence-corrected chi connectivity index (χ0v) is 16.0. The van der Waals surface area contributed by atoms with Gasteiger partial charge in [0.25, 0.3) is 0 Å². The number of carbonyl (C=O) groups is 4. The topological polar surface area (TPSA) is 108 Å². The van der Waals surface area contributed by atoms with E-state index in [1.54, 1.807) is 20.8 Å². The Hall–Kier alpha value is -2.12. The lowest BCUT2D eigenvalue weighted by Crippen LogP contribution is -2.61. The zero-order valence-electron chi connectivity index (χ0n) is 16.0. The van der Waals surface area contributed by atoms with Gasteiger partial charge >= 0.3 is 17.9 Å². The van der Waals surface area contributed by atoms with Crippen LogP contribution in [0.1, 0.15) is 53.4 Å². The van der Waals surface area contributed by atoms with Crippen molar-refractivity contribution >= 4 is 23.8 Å². The maximum atomic E-state index is 12.7. The Bertz CT molecular complexity index is 514. The van der Waals surface area contributed by atoms with Gasteiger partial charge in [-0.15, -0.1) is 0 Å². The van der Waals surface area contributed by atoms with E-state index < -0.39 is 41.2 Å². The molecule has 1 aliphatic rings. The number of nitrogens with one attached hydrogen (secondary N) is 1. The smallest absolute Gasteiger partial charge is 0.344 e. The molecule has 26 heavy (non-hydrogen) atoms. The van der Waals surface area contributed by atoms with Crippen LogP contribution >= 0.6 is 0 Å². The third kappa shape index (κ3) is 4.34. The molecule has 1 rings (SSSR count). The normalized spacial score (nSPS) is 21.0. The summed E-state index contributed by atoms with van der Waals surface area (Å²) < 4.78 is 15.1. The molecule has 8 heteroatoms. The van der Waals surface area contributed by atoms with Crippen molar-refractivity contribution in [3.05, 3.63) is 0 Å². The summed E-state index contributed by atoms with van der Waals surface area (Å²) >= 11 is 0. The van der Waals surface area contributed by atoms with E-state index in [9.17, 15) is 19.2 Å². The third-order valence-electron chi connectivity index (χ3n) is 4.42. The lowest BCUT2D eigenvalue weighted by atomic mass is 9.76.